The Morgan fingerprint density at radius 1 is 0.867 bits per heavy atom. The lowest BCUT2D eigenvalue weighted by Gasteiger charge is -2.22. The number of H-pyrrole nitrogens is 1. The van der Waals surface area contributed by atoms with Gasteiger partial charge in [-0.3, -0.25) is 9.98 Å². The third-order valence-corrected chi connectivity index (χ3v) is 6.58. The molecule has 1 fully saturated rings. The van der Waals surface area contributed by atoms with E-state index < -0.39 is 0 Å². The van der Waals surface area contributed by atoms with Crippen molar-refractivity contribution in [3.63, 3.8) is 0 Å². The number of fused-ring (bicyclic) bond motifs is 3. The van der Waals surface area contributed by atoms with Crippen molar-refractivity contribution in [1.82, 2.24) is 25.7 Å². The van der Waals surface area contributed by atoms with E-state index in [1.807, 2.05) is 12.3 Å². The van der Waals surface area contributed by atoms with Crippen molar-refractivity contribution in [2.24, 2.45) is 4.99 Å². The van der Waals surface area contributed by atoms with Crippen LogP contribution in [0.2, 0.25) is 0 Å². The zero-order chi connectivity index (χ0) is 19.9. The normalized spacial score (nSPS) is 22.9. The summed E-state index contributed by atoms with van der Waals surface area (Å²) in [5.41, 5.74) is 6.38. The molecule has 30 heavy (non-hydrogen) atoms. The third kappa shape index (κ3) is 3.03. The van der Waals surface area contributed by atoms with Crippen LogP contribution in [-0.4, -0.2) is 32.3 Å². The summed E-state index contributed by atoms with van der Waals surface area (Å²) < 4.78 is 0. The van der Waals surface area contributed by atoms with Gasteiger partial charge < -0.3 is 5.32 Å². The summed E-state index contributed by atoms with van der Waals surface area (Å²) in [4.78, 5) is 9.57. The topological polar surface area (TPSA) is 78.9 Å². The zero-order valence-corrected chi connectivity index (χ0v) is 16.8. The lowest BCUT2D eigenvalue weighted by atomic mass is 9.84. The summed E-state index contributed by atoms with van der Waals surface area (Å²) >= 11 is 0. The minimum absolute atomic E-state index is 0.0363. The van der Waals surface area contributed by atoms with Crippen molar-refractivity contribution >= 4 is 11.9 Å². The van der Waals surface area contributed by atoms with E-state index in [0.29, 0.717) is 0 Å². The Labute approximate surface area is 175 Å². The van der Waals surface area contributed by atoms with Crippen LogP contribution < -0.4 is 5.32 Å². The molecule has 3 aliphatic rings. The van der Waals surface area contributed by atoms with Gasteiger partial charge in [0.2, 0.25) is 0 Å². The Bertz CT molecular complexity index is 1100. The molecule has 6 nitrogen and oxygen atoms in total. The Morgan fingerprint density at radius 2 is 1.70 bits per heavy atom. The molecule has 150 valence electrons. The molecule has 0 bridgehead atoms. The fourth-order valence-corrected chi connectivity index (χ4v) is 4.88. The lowest BCUT2D eigenvalue weighted by Crippen LogP contribution is -2.31. The second-order valence-corrected chi connectivity index (χ2v) is 8.43. The van der Waals surface area contributed by atoms with Gasteiger partial charge in [0.15, 0.2) is 0 Å². The van der Waals surface area contributed by atoms with Gasteiger partial charge in [-0.15, -0.1) is 0 Å². The number of rotatable bonds is 3. The van der Waals surface area contributed by atoms with Gasteiger partial charge in [-0.25, -0.2) is 0 Å². The van der Waals surface area contributed by atoms with Crippen molar-refractivity contribution < 1.29 is 0 Å². The largest absolute Gasteiger partial charge is 0.361 e. The van der Waals surface area contributed by atoms with Crippen LogP contribution in [0.4, 0.5) is 0 Å². The molecule has 2 unspecified atom stereocenters. The van der Waals surface area contributed by atoms with Crippen LogP contribution in [0.5, 0.6) is 0 Å². The van der Waals surface area contributed by atoms with Crippen molar-refractivity contribution in [1.29, 1.82) is 0 Å². The SMILES string of the molecule is C1=CC2NC(c3ccc(-c4ccc(C5CCCCC5)cc4)nc3)=NC2c2n[nH]nc21. The molecule has 1 aliphatic heterocycles. The summed E-state index contributed by atoms with van der Waals surface area (Å²) in [6.07, 6.45) is 12.8. The molecular weight excluding hydrogens is 372 g/mol. The molecule has 0 amide bonds. The summed E-state index contributed by atoms with van der Waals surface area (Å²) in [7, 11) is 0. The van der Waals surface area contributed by atoms with E-state index in [1.165, 1.54) is 37.7 Å². The molecule has 2 aliphatic carbocycles. The number of pyridine rings is 1. The molecule has 0 saturated heterocycles. The number of aliphatic imine (C=N–C) groups is 1. The molecule has 1 saturated carbocycles. The molecule has 2 aromatic heterocycles. The van der Waals surface area contributed by atoms with Gasteiger partial charge in [-0.05, 0) is 42.5 Å². The fourth-order valence-electron chi connectivity index (χ4n) is 4.88. The van der Waals surface area contributed by atoms with Crippen LogP contribution in [0.1, 0.15) is 66.6 Å². The van der Waals surface area contributed by atoms with Gasteiger partial charge >= 0.3 is 0 Å². The first-order valence-electron chi connectivity index (χ1n) is 10.8. The van der Waals surface area contributed by atoms with Gasteiger partial charge in [-0.2, -0.15) is 15.4 Å². The van der Waals surface area contributed by atoms with Crippen molar-refractivity contribution in [3.8, 4) is 11.3 Å². The number of hydrogen-bond donors (Lipinski definition) is 2. The van der Waals surface area contributed by atoms with Crippen LogP contribution in [0.25, 0.3) is 17.3 Å². The lowest BCUT2D eigenvalue weighted by molar-refractivity contribution is 0.443. The first kappa shape index (κ1) is 17.6. The molecule has 0 radical (unpaired) electrons. The van der Waals surface area contributed by atoms with E-state index in [4.69, 9.17) is 9.98 Å². The fraction of sp³-hybridized carbons (Fsp3) is 0.333. The summed E-state index contributed by atoms with van der Waals surface area (Å²) in [5.74, 6) is 1.59. The summed E-state index contributed by atoms with van der Waals surface area (Å²) in [5, 5.41) is 14.6. The molecule has 6 rings (SSSR count). The Balaban J connectivity index is 1.21. The number of amidine groups is 1. The number of nitrogens with one attached hydrogen (secondary N) is 2. The highest BCUT2D eigenvalue weighted by atomic mass is 15.3. The van der Waals surface area contributed by atoms with E-state index in [-0.39, 0.29) is 12.1 Å². The van der Waals surface area contributed by atoms with E-state index in [2.05, 4.69) is 63.2 Å². The van der Waals surface area contributed by atoms with E-state index in [9.17, 15) is 0 Å². The number of benzene rings is 1. The standard InChI is InChI=1S/C24H24N6/c1-2-4-15(5-3-1)16-6-8-17(9-7-16)19-11-10-18(14-25-19)24-26-20-12-13-21-23(22(20)27-24)29-30-28-21/h6-15,20,22H,1-5H2,(H,26,27)(H,28,29,30). The first-order valence-corrected chi connectivity index (χ1v) is 10.8. The highest BCUT2D eigenvalue weighted by Crippen LogP contribution is 2.34. The van der Waals surface area contributed by atoms with Gasteiger partial charge in [0.25, 0.3) is 0 Å². The van der Waals surface area contributed by atoms with Crippen molar-refractivity contribution in [2.45, 2.75) is 50.1 Å². The number of aromatic amines is 1. The second-order valence-electron chi connectivity index (χ2n) is 8.43. The van der Waals surface area contributed by atoms with Gasteiger partial charge in [0, 0.05) is 17.3 Å². The maximum absolute atomic E-state index is 4.85. The van der Waals surface area contributed by atoms with Crippen LogP contribution in [0.15, 0.2) is 53.7 Å². The first-order chi connectivity index (χ1) is 14.8. The maximum Gasteiger partial charge on any atom is 0.131 e. The molecule has 6 heteroatoms. The third-order valence-electron chi connectivity index (χ3n) is 6.58. The molecule has 3 aromatic rings. The number of aromatic nitrogens is 4. The molecule has 1 aromatic carbocycles. The smallest absolute Gasteiger partial charge is 0.131 e. The molecule has 0 spiro atoms. The predicted octanol–water partition coefficient (Wildman–Crippen LogP) is 4.40. The van der Waals surface area contributed by atoms with Gasteiger partial charge in [-0.1, -0.05) is 49.6 Å². The number of hydrogen-bond acceptors (Lipinski definition) is 5. The summed E-state index contributed by atoms with van der Waals surface area (Å²) in [6, 6.07) is 13.2. The molecule has 2 N–H and O–H groups in total. The average Bonchev–Trinajstić information content (AvgIpc) is 3.47. The van der Waals surface area contributed by atoms with E-state index >= 15 is 0 Å². The van der Waals surface area contributed by atoms with Crippen LogP contribution in [0.3, 0.4) is 0 Å². The molecule has 3 heterocycles. The average molecular weight is 396 g/mol. The van der Waals surface area contributed by atoms with E-state index in [1.54, 1.807) is 0 Å². The van der Waals surface area contributed by atoms with Crippen LogP contribution in [-0.2, 0) is 0 Å². The predicted molar refractivity (Wildman–Crippen MR) is 117 cm³/mol. The minimum atomic E-state index is -0.0363. The molecular formula is C24H24N6. The zero-order valence-electron chi connectivity index (χ0n) is 16.8. The Hall–Kier alpha value is -3.28. The second kappa shape index (κ2) is 7.20. The molecule has 2 atom stereocenters. The highest BCUT2D eigenvalue weighted by molar-refractivity contribution is 6.00. The van der Waals surface area contributed by atoms with Gasteiger partial charge in [0.05, 0.1) is 11.7 Å². The quantitative estimate of drug-likeness (QED) is 0.688. The Kier molecular flexibility index (Phi) is 4.22. The maximum atomic E-state index is 4.85. The highest BCUT2D eigenvalue weighted by Gasteiger charge is 2.34. The monoisotopic (exact) mass is 396 g/mol. The summed E-state index contributed by atoms with van der Waals surface area (Å²) in [6.45, 7) is 0. The van der Waals surface area contributed by atoms with Crippen molar-refractivity contribution in [2.75, 3.05) is 0 Å². The number of nitrogens with zero attached hydrogens (tertiary/aromatic N) is 4. The van der Waals surface area contributed by atoms with Crippen LogP contribution >= 0.6 is 0 Å². The van der Waals surface area contributed by atoms with Crippen LogP contribution in [0, 0.1) is 0 Å². The Morgan fingerprint density at radius 3 is 2.50 bits per heavy atom. The van der Waals surface area contributed by atoms with E-state index in [0.717, 1.165) is 40.0 Å². The minimum Gasteiger partial charge on any atom is -0.361 e. The van der Waals surface area contributed by atoms with Gasteiger partial charge in [0.1, 0.15) is 23.3 Å². The van der Waals surface area contributed by atoms with Crippen molar-refractivity contribution in [3.05, 3.63) is 71.2 Å².